The molecule has 0 heterocycles. The first-order chi connectivity index (χ1) is 7.06. The normalized spacial score (nSPS) is 18.1. The van der Waals surface area contributed by atoms with E-state index < -0.39 is 10.0 Å². The molecule has 0 radical (unpaired) electrons. The molecule has 5 heteroatoms. The zero-order chi connectivity index (χ0) is 11.3. The first kappa shape index (κ1) is 12.9. The van der Waals surface area contributed by atoms with Gasteiger partial charge in [0, 0.05) is 20.2 Å². The average molecular weight is 235 g/mol. The predicted molar refractivity (Wildman–Crippen MR) is 60.1 cm³/mol. The van der Waals surface area contributed by atoms with Crippen molar-refractivity contribution in [2.75, 3.05) is 26.0 Å². The highest BCUT2D eigenvalue weighted by atomic mass is 32.2. The van der Waals surface area contributed by atoms with Gasteiger partial charge in [0.1, 0.15) is 0 Å². The van der Waals surface area contributed by atoms with E-state index in [4.69, 9.17) is 5.11 Å². The van der Waals surface area contributed by atoms with Crippen LogP contribution in [0.2, 0.25) is 0 Å². The van der Waals surface area contributed by atoms with Crippen LogP contribution in [-0.4, -0.2) is 43.8 Å². The smallest absolute Gasteiger partial charge is 0.213 e. The highest BCUT2D eigenvalue weighted by molar-refractivity contribution is 7.89. The van der Waals surface area contributed by atoms with Crippen molar-refractivity contribution in [3.63, 3.8) is 0 Å². The number of hydrogen-bond donors (Lipinski definition) is 1. The topological polar surface area (TPSA) is 57.6 Å². The summed E-state index contributed by atoms with van der Waals surface area (Å²) in [6.45, 7) is 0.739. The van der Waals surface area contributed by atoms with Crippen LogP contribution in [0.3, 0.4) is 0 Å². The minimum Gasteiger partial charge on any atom is -0.396 e. The third-order valence-electron chi connectivity index (χ3n) is 3.03. The second-order valence-electron chi connectivity index (χ2n) is 4.32. The molecule has 0 bridgehead atoms. The molecule has 0 atom stereocenters. The van der Waals surface area contributed by atoms with Crippen LogP contribution in [0, 0.1) is 5.92 Å². The van der Waals surface area contributed by atoms with Crippen LogP contribution in [0.25, 0.3) is 0 Å². The van der Waals surface area contributed by atoms with Crippen LogP contribution >= 0.6 is 0 Å². The number of hydrogen-bond acceptors (Lipinski definition) is 3. The lowest BCUT2D eigenvalue weighted by Crippen LogP contribution is -2.35. The lowest BCUT2D eigenvalue weighted by atomic mass is 9.86. The Hall–Kier alpha value is -0.130. The molecule has 0 aromatic rings. The fraction of sp³-hybridized carbons (Fsp3) is 1.00. The summed E-state index contributed by atoms with van der Waals surface area (Å²) in [4.78, 5) is 0. The molecule has 0 unspecified atom stereocenters. The highest BCUT2D eigenvalue weighted by Crippen LogP contribution is 2.27. The van der Waals surface area contributed by atoms with Crippen LogP contribution in [-0.2, 0) is 10.0 Å². The predicted octanol–water partition coefficient (Wildman–Crippen LogP) is 0.821. The van der Waals surface area contributed by atoms with Gasteiger partial charge in [-0.05, 0) is 31.6 Å². The lowest BCUT2D eigenvalue weighted by molar-refractivity contribution is 0.262. The van der Waals surface area contributed by atoms with Crippen molar-refractivity contribution < 1.29 is 13.5 Å². The molecular weight excluding hydrogens is 214 g/mol. The number of unbranched alkanes of at least 4 members (excludes halogenated alkanes) is 1. The Bertz CT molecular complexity index is 272. The minimum absolute atomic E-state index is 0.0713. The SMILES string of the molecule is CN(CC1CCC1)S(=O)(=O)CCCCO. The summed E-state index contributed by atoms with van der Waals surface area (Å²) in [5.41, 5.74) is 0. The van der Waals surface area contributed by atoms with Gasteiger partial charge in [-0.15, -0.1) is 0 Å². The summed E-state index contributed by atoms with van der Waals surface area (Å²) in [5, 5.41) is 8.59. The third kappa shape index (κ3) is 4.09. The van der Waals surface area contributed by atoms with Crippen molar-refractivity contribution >= 4 is 10.0 Å². The molecule has 1 saturated carbocycles. The maximum absolute atomic E-state index is 11.7. The quantitative estimate of drug-likeness (QED) is 0.665. The Balaban J connectivity index is 2.30. The van der Waals surface area contributed by atoms with Crippen molar-refractivity contribution in [3.8, 4) is 0 Å². The average Bonchev–Trinajstić information content (AvgIpc) is 2.11. The summed E-state index contributed by atoms with van der Waals surface area (Å²) >= 11 is 0. The lowest BCUT2D eigenvalue weighted by Gasteiger charge is -2.29. The van der Waals surface area contributed by atoms with Gasteiger partial charge in [-0.3, -0.25) is 0 Å². The molecule has 15 heavy (non-hydrogen) atoms. The van der Waals surface area contributed by atoms with E-state index in [0.29, 0.717) is 25.3 Å². The molecule has 0 aromatic heterocycles. The van der Waals surface area contributed by atoms with Gasteiger partial charge in [-0.2, -0.15) is 0 Å². The van der Waals surface area contributed by atoms with Crippen LogP contribution in [0.15, 0.2) is 0 Å². The van der Waals surface area contributed by atoms with Gasteiger partial charge >= 0.3 is 0 Å². The second-order valence-corrected chi connectivity index (χ2v) is 6.52. The molecular formula is C10H21NO3S. The Kier molecular flexibility index (Phi) is 5.02. The maximum atomic E-state index is 11.7. The van der Waals surface area contributed by atoms with Crippen molar-refractivity contribution in [3.05, 3.63) is 0 Å². The molecule has 90 valence electrons. The van der Waals surface area contributed by atoms with E-state index in [9.17, 15) is 8.42 Å². The van der Waals surface area contributed by atoms with Crippen molar-refractivity contribution in [1.29, 1.82) is 0 Å². The molecule has 0 saturated heterocycles. The van der Waals surface area contributed by atoms with E-state index in [1.54, 1.807) is 7.05 Å². The molecule has 1 N–H and O–H groups in total. The first-order valence-corrected chi connectivity index (χ1v) is 7.22. The van der Waals surface area contributed by atoms with Crippen LogP contribution < -0.4 is 0 Å². The van der Waals surface area contributed by atoms with Gasteiger partial charge in [-0.25, -0.2) is 12.7 Å². The molecule has 0 spiro atoms. The molecule has 1 rings (SSSR count). The Morgan fingerprint density at radius 2 is 2.00 bits per heavy atom. The van der Waals surface area contributed by atoms with Crippen molar-refractivity contribution in [1.82, 2.24) is 4.31 Å². The summed E-state index contributed by atoms with van der Waals surface area (Å²) < 4.78 is 24.9. The molecule has 1 aliphatic carbocycles. The van der Waals surface area contributed by atoms with E-state index >= 15 is 0 Å². The van der Waals surface area contributed by atoms with E-state index in [1.807, 2.05) is 0 Å². The van der Waals surface area contributed by atoms with E-state index in [1.165, 1.54) is 10.7 Å². The molecule has 4 nitrogen and oxygen atoms in total. The fourth-order valence-electron chi connectivity index (χ4n) is 1.70. The number of sulfonamides is 1. The van der Waals surface area contributed by atoms with Crippen LogP contribution in [0.4, 0.5) is 0 Å². The van der Waals surface area contributed by atoms with Crippen molar-refractivity contribution in [2.24, 2.45) is 5.92 Å². The largest absolute Gasteiger partial charge is 0.396 e. The van der Waals surface area contributed by atoms with Gasteiger partial charge in [0.25, 0.3) is 0 Å². The Morgan fingerprint density at radius 1 is 1.33 bits per heavy atom. The van der Waals surface area contributed by atoms with E-state index in [2.05, 4.69) is 0 Å². The Morgan fingerprint density at radius 3 is 2.47 bits per heavy atom. The Labute approximate surface area is 92.3 Å². The van der Waals surface area contributed by atoms with Crippen molar-refractivity contribution in [2.45, 2.75) is 32.1 Å². The third-order valence-corrected chi connectivity index (χ3v) is 4.93. The van der Waals surface area contributed by atoms with E-state index in [-0.39, 0.29) is 12.4 Å². The monoisotopic (exact) mass is 235 g/mol. The first-order valence-electron chi connectivity index (χ1n) is 5.61. The highest BCUT2D eigenvalue weighted by Gasteiger charge is 2.24. The zero-order valence-corrected chi connectivity index (χ0v) is 10.2. The van der Waals surface area contributed by atoms with Gasteiger partial charge in [0.05, 0.1) is 5.75 Å². The van der Waals surface area contributed by atoms with Gasteiger partial charge < -0.3 is 5.11 Å². The molecule has 1 aliphatic rings. The van der Waals surface area contributed by atoms with Crippen LogP contribution in [0.5, 0.6) is 0 Å². The van der Waals surface area contributed by atoms with Gasteiger partial charge in [0.15, 0.2) is 0 Å². The molecule has 0 amide bonds. The standard InChI is InChI=1S/C10H21NO3S/c1-11(9-10-5-4-6-10)15(13,14)8-3-2-7-12/h10,12H,2-9H2,1H3. The number of aliphatic hydroxyl groups is 1. The summed E-state index contributed by atoms with van der Waals surface area (Å²) in [6, 6.07) is 0. The molecule has 1 fully saturated rings. The number of rotatable bonds is 7. The molecule has 0 aliphatic heterocycles. The summed E-state index contributed by atoms with van der Waals surface area (Å²) in [6.07, 6.45) is 4.68. The maximum Gasteiger partial charge on any atom is 0.213 e. The zero-order valence-electron chi connectivity index (χ0n) is 9.35. The number of aliphatic hydroxyl groups excluding tert-OH is 1. The molecule has 0 aromatic carbocycles. The summed E-state index contributed by atoms with van der Waals surface area (Å²) in [7, 11) is -1.42. The summed E-state index contributed by atoms with van der Waals surface area (Å²) in [5.74, 6) is 0.735. The van der Waals surface area contributed by atoms with Gasteiger partial charge in [-0.1, -0.05) is 6.42 Å². The van der Waals surface area contributed by atoms with Gasteiger partial charge in [0.2, 0.25) is 10.0 Å². The fourth-order valence-corrected chi connectivity index (χ4v) is 3.02. The minimum atomic E-state index is -3.08. The number of nitrogens with zero attached hydrogens (tertiary/aromatic N) is 1. The van der Waals surface area contributed by atoms with E-state index in [0.717, 1.165) is 12.8 Å². The second kappa shape index (κ2) is 5.82. The van der Waals surface area contributed by atoms with Crippen LogP contribution in [0.1, 0.15) is 32.1 Å².